The Kier molecular flexibility index (Phi) is 16.1. The third-order valence-corrected chi connectivity index (χ3v) is 6.58. The van der Waals surface area contributed by atoms with Gasteiger partial charge in [0, 0.05) is 13.0 Å². The number of aliphatic imine (C=N–C) groups is 1. The fourth-order valence-corrected chi connectivity index (χ4v) is 4.44. The molecular formula is C27H50N3O2+. The standard InChI is InChI=1S/C27H49N3O2/c1-3-4-5-6-7-8-9-10-11-12-13-14-15-16-17-18-19-20-21-26-29-22-23-30(26,25(2)28)24-27(31)32/h20-23,25H,3-19,24,28H2,1-2H3/p+1/b21-20+. The molecule has 0 aromatic carbocycles. The topological polar surface area (TPSA) is 75.7 Å². The van der Waals surface area contributed by atoms with E-state index in [1.54, 1.807) is 12.4 Å². The summed E-state index contributed by atoms with van der Waals surface area (Å²) in [5, 5.41) is 9.25. The van der Waals surface area contributed by atoms with Crippen LogP contribution in [-0.4, -0.2) is 34.1 Å². The summed E-state index contributed by atoms with van der Waals surface area (Å²) >= 11 is 0. The van der Waals surface area contributed by atoms with Crippen molar-refractivity contribution >= 4 is 11.8 Å². The number of carboxylic acid groups (broad SMARTS) is 1. The first kappa shape index (κ1) is 28.6. The Morgan fingerprint density at radius 3 is 1.84 bits per heavy atom. The minimum absolute atomic E-state index is 0.0730. The molecule has 0 saturated carbocycles. The number of hydrogen-bond donors (Lipinski definition) is 2. The number of amidine groups is 1. The minimum Gasteiger partial charge on any atom is -0.477 e. The van der Waals surface area contributed by atoms with E-state index in [2.05, 4.69) is 18.0 Å². The third-order valence-electron chi connectivity index (χ3n) is 6.58. The molecule has 1 rings (SSSR count). The zero-order chi connectivity index (χ0) is 23.5. The molecule has 0 aromatic heterocycles. The molecule has 0 aliphatic carbocycles. The predicted octanol–water partition coefficient (Wildman–Crippen LogP) is 7.28. The van der Waals surface area contributed by atoms with Crippen LogP contribution < -0.4 is 5.73 Å². The van der Waals surface area contributed by atoms with Crippen LogP contribution in [0, 0.1) is 0 Å². The highest BCUT2D eigenvalue weighted by atomic mass is 16.4. The van der Waals surface area contributed by atoms with E-state index in [1.165, 1.54) is 103 Å². The lowest BCUT2D eigenvalue weighted by molar-refractivity contribution is -0.803. The van der Waals surface area contributed by atoms with E-state index in [4.69, 9.17) is 5.73 Å². The minimum atomic E-state index is -0.868. The van der Waals surface area contributed by atoms with E-state index < -0.39 is 5.97 Å². The van der Waals surface area contributed by atoms with Gasteiger partial charge >= 0.3 is 5.97 Å². The van der Waals surface area contributed by atoms with Crippen molar-refractivity contribution in [3.63, 3.8) is 0 Å². The van der Waals surface area contributed by atoms with Gasteiger partial charge in [0.1, 0.15) is 12.4 Å². The van der Waals surface area contributed by atoms with Crippen LogP contribution in [0.1, 0.15) is 123 Å². The van der Waals surface area contributed by atoms with Crippen molar-refractivity contribution in [2.24, 2.45) is 10.7 Å². The smallest absolute Gasteiger partial charge is 0.360 e. The normalized spacial score (nSPS) is 19.0. The number of carboxylic acids is 1. The molecule has 1 aliphatic rings. The number of unbranched alkanes of at least 4 members (excludes halogenated alkanes) is 16. The van der Waals surface area contributed by atoms with Gasteiger partial charge < -0.3 is 5.11 Å². The van der Waals surface area contributed by atoms with E-state index in [1.807, 2.05) is 13.0 Å². The molecule has 2 unspecified atom stereocenters. The van der Waals surface area contributed by atoms with Crippen molar-refractivity contribution in [3.8, 4) is 0 Å². The summed E-state index contributed by atoms with van der Waals surface area (Å²) in [5.41, 5.74) is 6.08. The Morgan fingerprint density at radius 1 is 0.938 bits per heavy atom. The zero-order valence-corrected chi connectivity index (χ0v) is 20.9. The summed E-state index contributed by atoms with van der Waals surface area (Å²) in [7, 11) is 0. The Labute approximate surface area is 197 Å². The van der Waals surface area contributed by atoms with Crippen LogP contribution in [0.15, 0.2) is 29.5 Å². The predicted molar refractivity (Wildman–Crippen MR) is 136 cm³/mol. The third kappa shape index (κ3) is 12.0. The SMILES string of the molecule is CCCCCCCCCCCCCCCCCC/C=C/C1=NC=C[N+]1(CC(=O)O)C(C)N. The quantitative estimate of drug-likeness (QED) is 0.143. The molecule has 0 spiro atoms. The summed E-state index contributed by atoms with van der Waals surface area (Å²) in [6.07, 6.45) is 30.2. The molecule has 0 fully saturated rings. The number of rotatable bonds is 21. The van der Waals surface area contributed by atoms with Gasteiger partial charge in [0.2, 0.25) is 5.84 Å². The Morgan fingerprint density at radius 2 is 1.41 bits per heavy atom. The molecule has 0 saturated heterocycles. The summed E-state index contributed by atoms with van der Waals surface area (Å²) in [4.78, 5) is 15.6. The monoisotopic (exact) mass is 448 g/mol. The van der Waals surface area contributed by atoms with Crippen LogP contribution in [0.25, 0.3) is 0 Å². The van der Waals surface area contributed by atoms with Gasteiger partial charge in [0.05, 0.1) is 6.20 Å². The van der Waals surface area contributed by atoms with Crippen molar-refractivity contribution in [1.82, 2.24) is 0 Å². The van der Waals surface area contributed by atoms with E-state index in [-0.39, 0.29) is 17.2 Å². The number of allylic oxidation sites excluding steroid dienone is 1. The zero-order valence-electron chi connectivity index (χ0n) is 20.9. The van der Waals surface area contributed by atoms with Crippen LogP contribution in [0.2, 0.25) is 0 Å². The first-order valence-electron chi connectivity index (χ1n) is 13.3. The van der Waals surface area contributed by atoms with Crippen LogP contribution in [-0.2, 0) is 4.79 Å². The number of carbonyl (C=O) groups is 1. The summed E-state index contributed by atoms with van der Waals surface area (Å²) in [6, 6.07) is 0. The molecule has 5 nitrogen and oxygen atoms in total. The van der Waals surface area contributed by atoms with E-state index in [0.717, 1.165) is 12.3 Å². The van der Waals surface area contributed by atoms with Crippen molar-refractivity contribution < 1.29 is 14.4 Å². The summed E-state index contributed by atoms with van der Waals surface area (Å²) < 4.78 is 0.0881. The first-order valence-corrected chi connectivity index (χ1v) is 13.3. The lowest BCUT2D eigenvalue weighted by atomic mass is 10.0. The molecule has 1 aliphatic heterocycles. The van der Waals surface area contributed by atoms with Gasteiger partial charge in [0.25, 0.3) is 0 Å². The first-order chi connectivity index (χ1) is 15.5. The average molecular weight is 449 g/mol. The van der Waals surface area contributed by atoms with Crippen LogP contribution >= 0.6 is 0 Å². The highest BCUT2D eigenvalue weighted by Crippen LogP contribution is 2.21. The maximum absolute atomic E-state index is 11.3. The van der Waals surface area contributed by atoms with Crippen LogP contribution in [0.3, 0.4) is 0 Å². The van der Waals surface area contributed by atoms with Crippen molar-refractivity contribution in [1.29, 1.82) is 0 Å². The fraction of sp³-hybridized carbons (Fsp3) is 0.778. The van der Waals surface area contributed by atoms with Gasteiger partial charge in [-0.15, -0.1) is 0 Å². The molecule has 5 heteroatoms. The highest BCUT2D eigenvalue weighted by molar-refractivity contribution is 5.90. The molecule has 0 radical (unpaired) electrons. The van der Waals surface area contributed by atoms with Gasteiger partial charge in [-0.1, -0.05) is 109 Å². The molecule has 2 atom stereocenters. The molecular weight excluding hydrogens is 398 g/mol. The average Bonchev–Trinajstić information content (AvgIpc) is 3.16. The van der Waals surface area contributed by atoms with Crippen LogP contribution in [0.4, 0.5) is 0 Å². The fourth-order valence-electron chi connectivity index (χ4n) is 4.44. The van der Waals surface area contributed by atoms with Gasteiger partial charge in [-0.2, -0.15) is 4.99 Å². The second-order valence-electron chi connectivity index (χ2n) is 9.50. The van der Waals surface area contributed by atoms with E-state index >= 15 is 0 Å². The van der Waals surface area contributed by atoms with Crippen LogP contribution in [0.5, 0.6) is 0 Å². The highest BCUT2D eigenvalue weighted by Gasteiger charge is 2.39. The van der Waals surface area contributed by atoms with Crippen molar-refractivity contribution in [2.45, 2.75) is 129 Å². The van der Waals surface area contributed by atoms with Crippen molar-refractivity contribution in [2.75, 3.05) is 6.54 Å². The molecule has 1 heterocycles. The van der Waals surface area contributed by atoms with Gasteiger partial charge in [-0.25, -0.2) is 9.28 Å². The molecule has 0 aromatic rings. The second kappa shape index (κ2) is 18.0. The van der Waals surface area contributed by atoms with Gasteiger partial charge in [-0.3, -0.25) is 5.73 Å². The van der Waals surface area contributed by atoms with E-state index in [0.29, 0.717) is 0 Å². The molecule has 3 N–H and O–H groups in total. The maximum atomic E-state index is 11.3. The Bertz CT molecular complexity index is 583. The number of hydrogen-bond acceptors (Lipinski definition) is 3. The van der Waals surface area contributed by atoms with Crippen molar-refractivity contribution in [3.05, 3.63) is 24.6 Å². The summed E-state index contributed by atoms with van der Waals surface area (Å²) in [5.74, 6) is -0.147. The lowest BCUT2D eigenvalue weighted by Gasteiger charge is -2.33. The molecule has 0 bridgehead atoms. The van der Waals surface area contributed by atoms with Gasteiger partial charge in [0.15, 0.2) is 6.54 Å². The second-order valence-corrected chi connectivity index (χ2v) is 9.50. The number of quaternary nitrogens is 1. The Hall–Kier alpha value is -1.46. The maximum Gasteiger partial charge on any atom is 0.360 e. The van der Waals surface area contributed by atoms with Gasteiger partial charge in [-0.05, 0) is 12.8 Å². The number of nitrogens with zero attached hydrogens (tertiary/aromatic N) is 2. The van der Waals surface area contributed by atoms with E-state index in [9.17, 15) is 9.90 Å². The lowest BCUT2D eigenvalue weighted by Crippen LogP contribution is -2.58. The Balaban J connectivity index is 1.98. The summed E-state index contributed by atoms with van der Waals surface area (Å²) in [6.45, 7) is 4.04. The largest absolute Gasteiger partial charge is 0.477 e. The number of nitrogens with two attached hydrogens (primary N) is 1. The molecule has 0 amide bonds. The number of aliphatic carboxylic acids is 1. The molecule has 32 heavy (non-hydrogen) atoms. The molecule has 184 valence electrons.